The number of nitrogens with one attached hydrogen (secondary N) is 1. The molecule has 0 aliphatic carbocycles. The molecule has 1 aromatic carbocycles. The molecular formula is C24H16FN7OS2. The molecule has 35 heavy (non-hydrogen) atoms. The number of ether oxygens (including phenoxy) is 1. The summed E-state index contributed by atoms with van der Waals surface area (Å²) in [6.45, 7) is 0. The summed E-state index contributed by atoms with van der Waals surface area (Å²) in [5.41, 5.74) is 2.19. The number of anilines is 1. The second-order valence-electron chi connectivity index (χ2n) is 7.20. The molecule has 0 fully saturated rings. The first-order valence-corrected chi connectivity index (χ1v) is 12.0. The summed E-state index contributed by atoms with van der Waals surface area (Å²) < 4.78 is 25.2. The first-order valence-electron chi connectivity index (χ1n) is 10.3. The molecule has 4 aromatic heterocycles. The molecule has 0 unspecified atom stereocenters. The predicted molar refractivity (Wildman–Crippen MR) is 132 cm³/mol. The van der Waals surface area contributed by atoms with Crippen molar-refractivity contribution < 1.29 is 9.13 Å². The van der Waals surface area contributed by atoms with Gasteiger partial charge in [-0.25, -0.2) is 15.0 Å². The lowest BCUT2D eigenvalue weighted by Gasteiger charge is -2.13. The highest BCUT2D eigenvalue weighted by Gasteiger charge is 2.17. The standard InChI is InChI=1S/C24H16FN7OS2/c1-32-14-16(13-29-32)22-21(7-5-19(30-22)18-3-2-8-27-23(18)25)33-20-6-4-17(11-15(20)12-26)35-31-24-28-9-10-34-24/h2-11,13-14H,1H3,(H,28,31). The molecule has 0 saturated carbocycles. The average molecular weight is 502 g/mol. The Morgan fingerprint density at radius 2 is 2.03 bits per heavy atom. The third kappa shape index (κ3) is 4.98. The van der Waals surface area contributed by atoms with Crippen LogP contribution in [-0.2, 0) is 7.05 Å². The molecule has 5 aromatic rings. The van der Waals surface area contributed by atoms with E-state index < -0.39 is 5.95 Å². The number of pyridine rings is 2. The molecule has 4 heterocycles. The average Bonchev–Trinajstić information content (AvgIpc) is 3.56. The fourth-order valence-corrected chi connectivity index (χ4v) is 4.51. The second kappa shape index (κ2) is 9.92. The Morgan fingerprint density at radius 3 is 2.77 bits per heavy atom. The number of thiazole rings is 1. The maximum Gasteiger partial charge on any atom is 0.222 e. The van der Waals surface area contributed by atoms with Crippen LogP contribution < -0.4 is 9.46 Å². The highest BCUT2D eigenvalue weighted by molar-refractivity contribution is 8.00. The van der Waals surface area contributed by atoms with Crippen molar-refractivity contribution in [1.29, 1.82) is 5.26 Å². The van der Waals surface area contributed by atoms with Gasteiger partial charge in [0.25, 0.3) is 0 Å². The summed E-state index contributed by atoms with van der Waals surface area (Å²) >= 11 is 2.84. The number of nitriles is 1. The van der Waals surface area contributed by atoms with Crippen molar-refractivity contribution >= 4 is 28.4 Å². The molecule has 0 atom stereocenters. The van der Waals surface area contributed by atoms with Crippen molar-refractivity contribution in [2.24, 2.45) is 7.05 Å². The van der Waals surface area contributed by atoms with E-state index >= 15 is 0 Å². The van der Waals surface area contributed by atoms with Crippen molar-refractivity contribution in [1.82, 2.24) is 24.7 Å². The Bertz CT molecular complexity index is 1530. The van der Waals surface area contributed by atoms with E-state index in [0.717, 1.165) is 10.0 Å². The Hall–Kier alpha value is -4.27. The summed E-state index contributed by atoms with van der Waals surface area (Å²) in [5.74, 6) is 0.166. The molecule has 1 N–H and O–H groups in total. The molecule has 0 bridgehead atoms. The largest absolute Gasteiger partial charge is 0.454 e. The summed E-state index contributed by atoms with van der Waals surface area (Å²) in [7, 11) is 1.79. The van der Waals surface area contributed by atoms with Crippen molar-refractivity contribution in [3.63, 3.8) is 0 Å². The van der Waals surface area contributed by atoms with Gasteiger partial charge in [-0.05, 0) is 54.4 Å². The van der Waals surface area contributed by atoms with Crippen LogP contribution in [0, 0.1) is 17.3 Å². The zero-order valence-corrected chi connectivity index (χ0v) is 19.8. The third-order valence-electron chi connectivity index (χ3n) is 4.85. The van der Waals surface area contributed by atoms with Gasteiger partial charge < -0.3 is 9.46 Å². The Balaban J connectivity index is 1.48. The van der Waals surface area contributed by atoms with Crippen molar-refractivity contribution in [2.45, 2.75) is 4.90 Å². The van der Waals surface area contributed by atoms with Gasteiger partial charge in [0, 0.05) is 41.5 Å². The number of benzene rings is 1. The van der Waals surface area contributed by atoms with Crippen LogP contribution >= 0.6 is 23.3 Å². The van der Waals surface area contributed by atoms with Gasteiger partial charge in [-0.3, -0.25) is 4.68 Å². The van der Waals surface area contributed by atoms with E-state index in [0.29, 0.717) is 34.0 Å². The van der Waals surface area contributed by atoms with Gasteiger partial charge in [0.05, 0.1) is 23.0 Å². The summed E-state index contributed by atoms with van der Waals surface area (Å²) in [6, 6.07) is 14.1. The minimum absolute atomic E-state index is 0.274. The number of aromatic nitrogens is 5. The van der Waals surface area contributed by atoms with Crippen molar-refractivity contribution in [2.75, 3.05) is 4.72 Å². The van der Waals surface area contributed by atoms with Gasteiger partial charge in [0.1, 0.15) is 17.5 Å². The molecule has 0 aliphatic rings. The van der Waals surface area contributed by atoms with Crippen LogP contribution in [0.25, 0.3) is 22.5 Å². The molecule has 0 spiro atoms. The first-order chi connectivity index (χ1) is 17.1. The zero-order valence-electron chi connectivity index (χ0n) is 18.2. The molecule has 0 saturated heterocycles. The van der Waals surface area contributed by atoms with Gasteiger partial charge in [0.15, 0.2) is 10.9 Å². The van der Waals surface area contributed by atoms with E-state index in [4.69, 9.17) is 4.74 Å². The fourth-order valence-electron chi connectivity index (χ4n) is 3.25. The molecule has 8 nitrogen and oxygen atoms in total. The Kier molecular flexibility index (Phi) is 6.38. The van der Waals surface area contributed by atoms with Crippen LogP contribution in [0.4, 0.5) is 9.52 Å². The quantitative estimate of drug-likeness (QED) is 0.217. The van der Waals surface area contributed by atoms with Crippen LogP contribution in [0.3, 0.4) is 0 Å². The van der Waals surface area contributed by atoms with E-state index in [1.54, 1.807) is 66.7 Å². The number of hydrogen-bond donors (Lipinski definition) is 1. The van der Waals surface area contributed by atoms with E-state index in [2.05, 4.69) is 30.8 Å². The number of nitrogens with zero attached hydrogens (tertiary/aromatic N) is 6. The van der Waals surface area contributed by atoms with Crippen LogP contribution in [-0.4, -0.2) is 24.7 Å². The topological polar surface area (TPSA) is 102 Å². The van der Waals surface area contributed by atoms with E-state index in [1.165, 1.54) is 29.5 Å². The highest BCUT2D eigenvalue weighted by atomic mass is 32.2. The SMILES string of the molecule is Cn1cc(-c2nc(-c3cccnc3F)ccc2Oc2ccc(SNc3nccs3)cc2C#N)cn1. The number of rotatable bonds is 7. The zero-order chi connectivity index (χ0) is 24.2. The maximum atomic E-state index is 14.3. The van der Waals surface area contributed by atoms with E-state index in [1.807, 2.05) is 11.4 Å². The lowest BCUT2D eigenvalue weighted by Crippen LogP contribution is -1.97. The smallest absolute Gasteiger partial charge is 0.222 e. The molecular weight excluding hydrogens is 485 g/mol. The molecule has 0 amide bonds. The fraction of sp³-hybridized carbons (Fsp3) is 0.0417. The molecule has 172 valence electrons. The van der Waals surface area contributed by atoms with Gasteiger partial charge in [-0.2, -0.15) is 14.8 Å². The molecule has 11 heteroatoms. The highest BCUT2D eigenvalue weighted by Crippen LogP contribution is 2.36. The lowest BCUT2D eigenvalue weighted by atomic mass is 10.1. The number of aryl methyl sites for hydroxylation is 1. The minimum Gasteiger partial charge on any atom is -0.454 e. The van der Waals surface area contributed by atoms with Gasteiger partial charge in [-0.1, -0.05) is 0 Å². The van der Waals surface area contributed by atoms with Crippen LogP contribution in [0.5, 0.6) is 11.5 Å². The van der Waals surface area contributed by atoms with E-state index in [-0.39, 0.29) is 5.56 Å². The first kappa shape index (κ1) is 22.5. The van der Waals surface area contributed by atoms with Crippen LogP contribution in [0.1, 0.15) is 5.56 Å². The molecule has 5 rings (SSSR count). The van der Waals surface area contributed by atoms with Crippen molar-refractivity contribution in [3.05, 3.63) is 84.1 Å². The van der Waals surface area contributed by atoms with Gasteiger partial charge in [0.2, 0.25) is 5.95 Å². The summed E-state index contributed by atoms with van der Waals surface area (Å²) in [5, 5.41) is 16.6. The Labute approximate surface area is 208 Å². The summed E-state index contributed by atoms with van der Waals surface area (Å²) in [4.78, 5) is 13.4. The summed E-state index contributed by atoms with van der Waals surface area (Å²) in [6.07, 6.45) is 6.53. The molecule has 0 radical (unpaired) electrons. The van der Waals surface area contributed by atoms with Gasteiger partial charge >= 0.3 is 0 Å². The van der Waals surface area contributed by atoms with Crippen LogP contribution in [0.15, 0.2) is 77.5 Å². The predicted octanol–water partition coefficient (Wildman–Crippen LogP) is 5.92. The number of hydrogen-bond acceptors (Lipinski definition) is 9. The van der Waals surface area contributed by atoms with Crippen molar-refractivity contribution in [3.8, 4) is 40.1 Å². The lowest BCUT2D eigenvalue weighted by molar-refractivity contribution is 0.480. The Morgan fingerprint density at radius 1 is 1.14 bits per heavy atom. The van der Waals surface area contributed by atoms with Crippen LogP contribution in [0.2, 0.25) is 0 Å². The maximum absolute atomic E-state index is 14.3. The number of halogens is 1. The third-order valence-corrected chi connectivity index (χ3v) is 6.45. The molecule has 0 aliphatic heterocycles. The van der Waals surface area contributed by atoms with E-state index in [9.17, 15) is 9.65 Å². The monoisotopic (exact) mass is 501 g/mol. The minimum atomic E-state index is -0.614. The normalized spacial score (nSPS) is 10.7. The van der Waals surface area contributed by atoms with Gasteiger partial charge in [-0.15, -0.1) is 11.3 Å². The second-order valence-corrected chi connectivity index (χ2v) is 8.98.